The van der Waals surface area contributed by atoms with E-state index in [1.807, 2.05) is 41.2 Å². The van der Waals surface area contributed by atoms with Crippen LogP contribution in [0.3, 0.4) is 0 Å². The summed E-state index contributed by atoms with van der Waals surface area (Å²) in [6.45, 7) is 2.19. The van der Waals surface area contributed by atoms with Gasteiger partial charge >= 0.3 is 0 Å². The van der Waals surface area contributed by atoms with Crippen molar-refractivity contribution in [2.75, 3.05) is 18.4 Å². The third-order valence-electron chi connectivity index (χ3n) is 3.57. The van der Waals surface area contributed by atoms with Crippen LogP contribution >= 0.6 is 0 Å². The number of rotatable bonds is 5. The van der Waals surface area contributed by atoms with E-state index in [2.05, 4.69) is 15.7 Å². The van der Waals surface area contributed by atoms with Crippen LogP contribution in [0.4, 0.5) is 5.69 Å². The van der Waals surface area contributed by atoms with E-state index in [4.69, 9.17) is 0 Å². The second kappa shape index (κ2) is 5.77. The SMILES string of the molecule is O=C(NCCCn1cccn1)C1CNc2ccccc21. The minimum absolute atomic E-state index is 0.0732. The van der Waals surface area contributed by atoms with Crippen LogP contribution in [0.1, 0.15) is 17.9 Å². The van der Waals surface area contributed by atoms with Gasteiger partial charge in [0.05, 0.1) is 5.92 Å². The maximum absolute atomic E-state index is 12.2. The van der Waals surface area contributed by atoms with Crippen LogP contribution in [0.2, 0.25) is 0 Å². The molecule has 0 spiro atoms. The van der Waals surface area contributed by atoms with E-state index in [1.165, 1.54) is 0 Å². The van der Waals surface area contributed by atoms with E-state index in [0.717, 1.165) is 24.2 Å². The van der Waals surface area contributed by atoms with E-state index >= 15 is 0 Å². The van der Waals surface area contributed by atoms with Crippen molar-refractivity contribution in [2.45, 2.75) is 18.9 Å². The van der Waals surface area contributed by atoms with Crippen molar-refractivity contribution in [3.05, 3.63) is 48.3 Å². The monoisotopic (exact) mass is 270 g/mol. The number of hydrogen-bond donors (Lipinski definition) is 2. The quantitative estimate of drug-likeness (QED) is 0.811. The maximum Gasteiger partial charge on any atom is 0.229 e. The Morgan fingerprint density at radius 1 is 1.40 bits per heavy atom. The Kier molecular flexibility index (Phi) is 3.67. The molecule has 5 heteroatoms. The summed E-state index contributed by atoms with van der Waals surface area (Å²) in [6, 6.07) is 9.89. The Bertz CT molecular complexity index is 579. The zero-order valence-corrected chi connectivity index (χ0v) is 11.2. The summed E-state index contributed by atoms with van der Waals surface area (Å²) >= 11 is 0. The van der Waals surface area contributed by atoms with Crippen molar-refractivity contribution >= 4 is 11.6 Å². The Hall–Kier alpha value is -2.30. The molecule has 0 saturated heterocycles. The van der Waals surface area contributed by atoms with Crippen molar-refractivity contribution in [1.82, 2.24) is 15.1 Å². The number of aromatic nitrogens is 2. The zero-order chi connectivity index (χ0) is 13.8. The molecule has 1 aliphatic rings. The highest BCUT2D eigenvalue weighted by atomic mass is 16.1. The molecule has 0 radical (unpaired) electrons. The number of para-hydroxylation sites is 1. The van der Waals surface area contributed by atoms with Crippen LogP contribution in [0.15, 0.2) is 42.7 Å². The van der Waals surface area contributed by atoms with E-state index in [-0.39, 0.29) is 11.8 Å². The lowest BCUT2D eigenvalue weighted by molar-refractivity contribution is -0.122. The number of aryl methyl sites for hydroxylation is 1. The molecule has 1 aromatic carbocycles. The minimum atomic E-state index is -0.0732. The highest BCUT2D eigenvalue weighted by Crippen LogP contribution is 2.30. The summed E-state index contributed by atoms with van der Waals surface area (Å²) in [7, 11) is 0. The fourth-order valence-electron chi connectivity index (χ4n) is 2.53. The molecule has 5 nitrogen and oxygen atoms in total. The molecule has 1 atom stereocenters. The first-order valence-electron chi connectivity index (χ1n) is 6.92. The van der Waals surface area contributed by atoms with Gasteiger partial charge in [-0.25, -0.2) is 0 Å². The standard InChI is InChI=1S/C15H18N4O/c20-15(16-7-3-9-19-10-4-8-18-19)13-11-17-14-6-2-1-5-12(13)14/h1-2,4-6,8,10,13,17H,3,7,9,11H2,(H,16,20). The molecule has 104 valence electrons. The molecule has 1 unspecified atom stereocenters. The topological polar surface area (TPSA) is 59.0 Å². The van der Waals surface area contributed by atoms with Crippen molar-refractivity contribution in [3.8, 4) is 0 Å². The van der Waals surface area contributed by atoms with Crippen LogP contribution in [0, 0.1) is 0 Å². The Morgan fingerprint density at radius 3 is 3.15 bits per heavy atom. The Balaban J connectivity index is 1.48. The molecule has 2 heterocycles. The molecule has 1 amide bonds. The minimum Gasteiger partial charge on any atom is -0.384 e. The van der Waals surface area contributed by atoms with Gasteiger partial charge in [0.1, 0.15) is 0 Å². The van der Waals surface area contributed by atoms with Gasteiger partial charge in [-0.05, 0) is 24.1 Å². The largest absolute Gasteiger partial charge is 0.384 e. The molecule has 3 rings (SSSR count). The molecule has 1 aliphatic heterocycles. The van der Waals surface area contributed by atoms with E-state index in [1.54, 1.807) is 6.20 Å². The van der Waals surface area contributed by atoms with Gasteiger partial charge in [-0.3, -0.25) is 9.48 Å². The van der Waals surface area contributed by atoms with E-state index < -0.39 is 0 Å². The number of anilines is 1. The number of carbonyl (C=O) groups is 1. The van der Waals surface area contributed by atoms with Crippen LogP contribution in [0.5, 0.6) is 0 Å². The summed E-state index contributed by atoms with van der Waals surface area (Å²) < 4.78 is 1.87. The number of hydrogen-bond acceptors (Lipinski definition) is 3. The average molecular weight is 270 g/mol. The average Bonchev–Trinajstić information content (AvgIpc) is 3.12. The highest BCUT2D eigenvalue weighted by Gasteiger charge is 2.27. The van der Waals surface area contributed by atoms with Crippen molar-refractivity contribution < 1.29 is 4.79 Å². The molecule has 0 bridgehead atoms. The highest BCUT2D eigenvalue weighted by molar-refractivity contribution is 5.88. The molecule has 2 N–H and O–H groups in total. The molecule has 1 aromatic heterocycles. The first kappa shape index (κ1) is 12.7. The van der Waals surface area contributed by atoms with Gasteiger partial charge in [0.2, 0.25) is 5.91 Å². The first-order chi connectivity index (χ1) is 9.84. The number of nitrogens with one attached hydrogen (secondary N) is 2. The summed E-state index contributed by atoms with van der Waals surface area (Å²) in [5.41, 5.74) is 2.17. The predicted octanol–water partition coefficient (Wildman–Crippen LogP) is 1.60. The third kappa shape index (κ3) is 2.66. The Labute approximate surface area is 118 Å². The summed E-state index contributed by atoms with van der Waals surface area (Å²) in [5, 5.41) is 10.4. The summed E-state index contributed by atoms with van der Waals surface area (Å²) in [4.78, 5) is 12.2. The lowest BCUT2D eigenvalue weighted by Gasteiger charge is -2.11. The van der Waals surface area contributed by atoms with Gasteiger partial charge in [0, 0.05) is 37.7 Å². The molecule has 0 saturated carbocycles. The second-order valence-corrected chi connectivity index (χ2v) is 4.93. The Morgan fingerprint density at radius 2 is 2.30 bits per heavy atom. The lowest BCUT2D eigenvalue weighted by Crippen LogP contribution is -2.31. The normalized spacial score (nSPS) is 16.5. The molecule has 20 heavy (non-hydrogen) atoms. The maximum atomic E-state index is 12.2. The van der Waals surface area contributed by atoms with Gasteiger partial charge in [-0.2, -0.15) is 5.10 Å². The van der Waals surface area contributed by atoms with E-state index in [0.29, 0.717) is 13.1 Å². The number of fused-ring (bicyclic) bond motifs is 1. The third-order valence-corrected chi connectivity index (χ3v) is 3.57. The molecule has 2 aromatic rings. The number of carbonyl (C=O) groups excluding carboxylic acids is 1. The first-order valence-corrected chi connectivity index (χ1v) is 6.92. The fourth-order valence-corrected chi connectivity index (χ4v) is 2.53. The van der Waals surface area contributed by atoms with Crippen LogP contribution in [-0.2, 0) is 11.3 Å². The molecule has 0 aliphatic carbocycles. The second-order valence-electron chi connectivity index (χ2n) is 4.93. The van der Waals surface area contributed by atoms with Crippen molar-refractivity contribution in [2.24, 2.45) is 0 Å². The summed E-state index contributed by atoms with van der Waals surface area (Å²) in [5.74, 6) is 0.0267. The van der Waals surface area contributed by atoms with Gasteiger partial charge in [0.15, 0.2) is 0 Å². The van der Waals surface area contributed by atoms with Crippen LogP contribution in [-0.4, -0.2) is 28.8 Å². The zero-order valence-electron chi connectivity index (χ0n) is 11.2. The van der Waals surface area contributed by atoms with Crippen molar-refractivity contribution in [3.63, 3.8) is 0 Å². The van der Waals surface area contributed by atoms with Gasteiger partial charge in [-0.1, -0.05) is 18.2 Å². The fraction of sp³-hybridized carbons (Fsp3) is 0.333. The van der Waals surface area contributed by atoms with Gasteiger partial charge < -0.3 is 10.6 Å². The molecule has 0 fully saturated rings. The van der Waals surface area contributed by atoms with Gasteiger partial charge in [-0.15, -0.1) is 0 Å². The van der Waals surface area contributed by atoms with Gasteiger partial charge in [0.25, 0.3) is 0 Å². The molecular formula is C15H18N4O. The number of benzene rings is 1. The molecular weight excluding hydrogens is 252 g/mol. The smallest absolute Gasteiger partial charge is 0.229 e. The summed E-state index contributed by atoms with van der Waals surface area (Å²) in [6.07, 6.45) is 4.58. The van der Waals surface area contributed by atoms with Crippen LogP contribution in [0.25, 0.3) is 0 Å². The lowest BCUT2D eigenvalue weighted by atomic mass is 10.0. The number of nitrogens with zero attached hydrogens (tertiary/aromatic N) is 2. The number of amides is 1. The predicted molar refractivity (Wildman–Crippen MR) is 77.5 cm³/mol. The van der Waals surface area contributed by atoms with Crippen LogP contribution < -0.4 is 10.6 Å². The van der Waals surface area contributed by atoms with E-state index in [9.17, 15) is 4.79 Å². The van der Waals surface area contributed by atoms with Crippen molar-refractivity contribution in [1.29, 1.82) is 0 Å².